The van der Waals surface area contributed by atoms with E-state index in [2.05, 4.69) is 4.99 Å². The average molecular weight is 259 g/mol. The van der Waals surface area contributed by atoms with E-state index in [1.54, 1.807) is 0 Å². The fraction of sp³-hybridized carbons (Fsp3) is 0.417. The van der Waals surface area contributed by atoms with Crippen LogP contribution in [0.1, 0.15) is 30.4 Å². The highest BCUT2D eigenvalue weighted by Gasteiger charge is 2.47. The topological polar surface area (TPSA) is 29.4 Å². The molecule has 0 aromatic heterocycles. The van der Waals surface area contributed by atoms with Gasteiger partial charge < -0.3 is 0 Å². The van der Waals surface area contributed by atoms with Crippen LogP contribution in [0.25, 0.3) is 0 Å². The van der Waals surface area contributed by atoms with E-state index in [1.165, 1.54) is 18.2 Å². The molecule has 96 valence electrons. The molecule has 2 rings (SSSR count). The summed E-state index contributed by atoms with van der Waals surface area (Å²) in [6, 6.07) is 3.12. The molecule has 0 unspecified atom stereocenters. The molecule has 0 amide bonds. The summed E-state index contributed by atoms with van der Waals surface area (Å²) in [7, 11) is 0. The summed E-state index contributed by atoms with van der Waals surface area (Å²) in [4.78, 5) is 13.8. The molecule has 1 aliphatic carbocycles. The summed E-state index contributed by atoms with van der Waals surface area (Å²) < 4.78 is 52.0. The van der Waals surface area contributed by atoms with Crippen LogP contribution in [0.15, 0.2) is 23.2 Å². The number of aliphatic imine (C=N–C) groups is 1. The monoisotopic (exact) mass is 259 g/mol. The number of carbonyl (C=O) groups excluding carboxylic acids is 1. The molecule has 0 radical (unpaired) electrons. The first kappa shape index (κ1) is 12.8. The summed E-state index contributed by atoms with van der Waals surface area (Å²) in [5, 5.41) is 0. The van der Waals surface area contributed by atoms with Gasteiger partial charge in [-0.15, -0.1) is 0 Å². The van der Waals surface area contributed by atoms with Gasteiger partial charge in [0.25, 0.3) is 0 Å². The third kappa shape index (κ3) is 1.93. The number of isocyanates is 1. The van der Waals surface area contributed by atoms with Crippen molar-refractivity contribution in [3.05, 3.63) is 35.1 Å². The van der Waals surface area contributed by atoms with Crippen molar-refractivity contribution < 1.29 is 22.4 Å². The molecule has 1 saturated carbocycles. The Labute approximate surface area is 100 Å². The number of hydrogen-bond donors (Lipinski definition) is 0. The van der Waals surface area contributed by atoms with Gasteiger partial charge in [-0.2, -0.15) is 18.2 Å². The van der Waals surface area contributed by atoms with Crippen LogP contribution in [0.3, 0.4) is 0 Å². The number of benzene rings is 1. The van der Waals surface area contributed by atoms with Gasteiger partial charge in [-0.3, -0.25) is 0 Å². The molecule has 0 aliphatic heterocycles. The van der Waals surface area contributed by atoms with E-state index < -0.39 is 23.1 Å². The van der Waals surface area contributed by atoms with Gasteiger partial charge in [-0.1, -0.05) is 12.1 Å². The second kappa shape index (κ2) is 4.21. The van der Waals surface area contributed by atoms with E-state index in [1.807, 2.05) is 0 Å². The van der Waals surface area contributed by atoms with Gasteiger partial charge in [0.2, 0.25) is 6.08 Å². The summed E-state index contributed by atoms with van der Waals surface area (Å²) in [5.74, 6) is -1.34. The molecule has 0 atom stereocenters. The maximum atomic E-state index is 13.4. The first-order valence-electron chi connectivity index (χ1n) is 5.36. The van der Waals surface area contributed by atoms with Crippen molar-refractivity contribution in [2.75, 3.05) is 0 Å². The molecule has 6 heteroatoms. The van der Waals surface area contributed by atoms with Crippen molar-refractivity contribution in [1.29, 1.82) is 0 Å². The van der Waals surface area contributed by atoms with E-state index in [-0.39, 0.29) is 5.56 Å². The van der Waals surface area contributed by atoms with Gasteiger partial charge >= 0.3 is 6.18 Å². The largest absolute Gasteiger partial charge is 0.419 e. The molecule has 0 spiro atoms. The Morgan fingerprint density at radius 1 is 1.28 bits per heavy atom. The van der Waals surface area contributed by atoms with E-state index >= 15 is 0 Å². The van der Waals surface area contributed by atoms with Gasteiger partial charge in [0, 0.05) is 0 Å². The summed E-state index contributed by atoms with van der Waals surface area (Å²) >= 11 is 0. The van der Waals surface area contributed by atoms with Gasteiger partial charge in [0.1, 0.15) is 5.82 Å². The summed E-state index contributed by atoms with van der Waals surface area (Å²) in [5.41, 5.74) is -2.86. The highest BCUT2D eigenvalue weighted by molar-refractivity contribution is 5.43. The van der Waals surface area contributed by atoms with E-state index in [0.717, 1.165) is 6.07 Å². The lowest BCUT2D eigenvalue weighted by Crippen LogP contribution is -2.34. The molecule has 0 heterocycles. The van der Waals surface area contributed by atoms with Crippen molar-refractivity contribution >= 4 is 6.08 Å². The molecule has 0 N–H and O–H groups in total. The fourth-order valence-corrected chi connectivity index (χ4v) is 2.24. The Hall–Kier alpha value is -1.68. The second-order valence-corrected chi connectivity index (χ2v) is 4.25. The van der Waals surface area contributed by atoms with Crippen LogP contribution in [-0.2, 0) is 16.5 Å². The van der Waals surface area contributed by atoms with Gasteiger partial charge in [0.15, 0.2) is 0 Å². The number of rotatable bonds is 2. The Morgan fingerprint density at radius 3 is 2.39 bits per heavy atom. The maximum absolute atomic E-state index is 13.4. The fourth-order valence-electron chi connectivity index (χ4n) is 2.24. The SMILES string of the molecule is O=C=NC1(c2cccc(F)c2C(F)(F)F)CCC1. The third-order valence-corrected chi connectivity index (χ3v) is 3.24. The highest BCUT2D eigenvalue weighted by Crippen LogP contribution is 2.49. The van der Waals surface area contributed by atoms with Crippen molar-refractivity contribution in [2.24, 2.45) is 4.99 Å². The smallest absolute Gasteiger partial charge is 0.211 e. The van der Waals surface area contributed by atoms with Crippen LogP contribution in [0.5, 0.6) is 0 Å². The van der Waals surface area contributed by atoms with Crippen molar-refractivity contribution in [2.45, 2.75) is 31.0 Å². The van der Waals surface area contributed by atoms with Crippen LogP contribution >= 0.6 is 0 Å². The van der Waals surface area contributed by atoms with Crippen LogP contribution in [0.2, 0.25) is 0 Å². The molecule has 1 aliphatic rings. The van der Waals surface area contributed by atoms with Gasteiger partial charge in [-0.05, 0) is 30.9 Å². The molecular formula is C12H9F4NO. The van der Waals surface area contributed by atoms with Crippen LogP contribution in [0.4, 0.5) is 17.6 Å². The van der Waals surface area contributed by atoms with E-state index in [0.29, 0.717) is 19.3 Å². The van der Waals surface area contributed by atoms with Crippen LogP contribution in [-0.4, -0.2) is 6.08 Å². The first-order valence-corrected chi connectivity index (χ1v) is 5.36. The minimum absolute atomic E-state index is 0.274. The number of hydrogen-bond acceptors (Lipinski definition) is 2. The molecule has 1 aromatic rings. The van der Waals surface area contributed by atoms with Crippen molar-refractivity contribution in [3.8, 4) is 0 Å². The Bertz CT molecular complexity index is 513. The average Bonchev–Trinajstić information content (AvgIpc) is 2.21. The van der Waals surface area contributed by atoms with E-state index in [4.69, 9.17) is 0 Å². The zero-order chi connectivity index (χ0) is 13.4. The minimum Gasteiger partial charge on any atom is -0.211 e. The highest BCUT2D eigenvalue weighted by atomic mass is 19.4. The van der Waals surface area contributed by atoms with Crippen molar-refractivity contribution in [3.63, 3.8) is 0 Å². The molecule has 1 fully saturated rings. The number of halogens is 4. The minimum atomic E-state index is -4.80. The molecule has 1 aromatic carbocycles. The molecule has 0 saturated heterocycles. The first-order chi connectivity index (χ1) is 8.41. The van der Waals surface area contributed by atoms with Crippen LogP contribution in [0, 0.1) is 5.82 Å². The molecule has 18 heavy (non-hydrogen) atoms. The predicted molar refractivity (Wildman–Crippen MR) is 55.1 cm³/mol. The normalized spacial score (nSPS) is 17.8. The maximum Gasteiger partial charge on any atom is 0.419 e. The lowest BCUT2D eigenvalue weighted by atomic mass is 9.71. The Kier molecular flexibility index (Phi) is 2.99. The zero-order valence-electron chi connectivity index (χ0n) is 9.22. The van der Waals surface area contributed by atoms with Crippen LogP contribution < -0.4 is 0 Å². The van der Waals surface area contributed by atoms with Gasteiger partial charge in [0.05, 0.1) is 11.1 Å². The van der Waals surface area contributed by atoms with Crippen molar-refractivity contribution in [1.82, 2.24) is 0 Å². The predicted octanol–water partition coefficient (Wildman–Crippen LogP) is 3.56. The molecule has 2 nitrogen and oxygen atoms in total. The quantitative estimate of drug-likeness (QED) is 0.453. The summed E-state index contributed by atoms with van der Waals surface area (Å²) in [6.45, 7) is 0. The third-order valence-electron chi connectivity index (χ3n) is 3.24. The zero-order valence-corrected chi connectivity index (χ0v) is 9.22. The Balaban J connectivity index is 2.64. The summed E-state index contributed by atoms with van der Waals surface area (Å²) in [6.07, 6.45) is -2.26. The number of alkyl halides is 3. The molecule has 0 bridgehead atoms. The number of nitrogens with zero attached hydrogens (tertiary/aromatic N) is 1. The second-order valence-electron chi connectivity index (χ2n) is 4.25. The molecular weight excluding hydrogens is 250 g/mol. The van der Waals surface area contributed by atoms with Gasteiger partial charge in [-0.25, -0.2) is 9.18 Å². The Morgan fingerprint density at radius 2 is 1.94 bits per heavy atom. The standard InChI is InChI=1S/C12H9F4NO/c13-9-4-1-3-8(10(9)12(14,15)16)11(17-7-18)5-2-6-11/h1,3-4H,2,5-6H2. The van der Waals surface area contributed by atoms with E-state index in [9.17, 15) is 22.4 Å². The lowest BCUT2D eigenvalue weighted by molar-refractivity contribution is -0.141. The lowest BCUT2D eigenvalue weighted by Gasteiger charge is -2.38.